The molecule has 20 heavy (non-hydrogen) atoms. The third kappa shape index (κ3) is 4.09. The zero-order chi connectivity index (χ0) is 14.5. The maximum atomic E-state index is 5.42. The fourth-order valence-electron chi connectivity index (χ4n) is 1.86. The Morgan fingerprint density at radius 1 is 1.35 bits per heavy atom. The van der Waals surface area contributed by atoms with E-state index in [2.05, 4.69) is 46.7 Å². The third-order valence-corrected chi connectivity index (χ3v) is 4.30. The van der Waals surface area contributed by atoms with Crippen LogP contribution in [0.4, 0.5) is 11.6 Å². The van der Waals surface area contributed by atoms with Crippen molar-refractivity contribution in [3.05, 3.63) is 28.0 Å². The molecule has 0 fully saturated rings. The highest BCUT2D eigenvalue weighted by Crippen LogP contribution is 2.20. The molecule has 2 rings (SSSR count). The fourth-order valence-corrected chi connectivity index (χ4v) is 3.26. The van der Waals surface area contributed by atoms with E-state index in [1.165, 1.54) is 21.5 Å². The average molecular weight is 309 g/mol. The molecule has 0 amide bonds. The molecule has 108 valence electrons. The lowest BCUT2D eigenvalue weighted by Crippen LogP contribution is -2.19. The largest absolute Gasteiger partial charge is 0.367 e. The SMILES string of the molecule is CSc1nc(NN)cc(NC(C)Cc2ccc(C)s2)n1. The molecular weight excluding hydrogens is 290 g/mol. The van der Waals surface area contributed by atoms with Crippen molar-refractivity contribution in [3.8, 4) is 0 Å². The minimum absolute atomic E-state index is 0.295. The smallest absolute Gasteiger partial charge is 0.191 e. The van der Waals surface area contributed by atoms with Gasteiger partial charge in [0.15, 0.2) is 5.16 Å². The van der Waals surface area contributed by atoms with Gasteiger partial charge in [0, 0.05) is 28.3 Å². The van der Waals surface area contributed by atoms with Crippen LogP contribution in [0.1, 0.15) is 16.7 Å². The van der Waals surface area contributed by atoms with E-state index in [1.807, 2.05) is 23.7 Å². The lowest BCUT2D eigenvalue weighted by Gasteiger charge is -2.14. The number of thioether (sulfide) groups is 1. The highest BCUT2D eigenvalue weighted by atomic mass is 32.2. The summed E-state index contributed by atoms with van der Waals surface area (Å²) in [6.07, 6.45) is 2.92. The number of aryl methyl sites for hydroxylation is 1. The van der Waals surface area contributed by atoms with Crippen molar-refractivity contribution in [2.75, 3.05) is 17.0 Å². The Morgan fingerprint density at radius 2 is 2.10 bits per heavy atom. The van der Waals surface area contributed by atoms with Crippen molar-refractivity contribution in [2.24, 2.45) is 5.84 Å². The predicted molar refractivity (Wildman–Crippen MR) is 87.5 cm³/mol. The topological polar surface area (TPSA) is 75.9 Å². The summed E-state index contributed by atoms with van der Waals surface area (Å²) in [5, 5.41) is 4.09. The number of anilines is 2. The van der Waals surface area contributed by atoms with E-state index in [1.54, 1.807) is 0 Å². The highest BCUT2D eigenvalue weighted by Gasteiger charge is 2.08. The van der Waals surface area contributed by atoms with Crippen LogP contribution in [-0.4, -0.2) is 22.3 Å². The summed E-state index contributed by atoms with van der Waals surface area (Å²) in [4.78, 5) is 11.4. The number of nitrogens with one attached hydrogen (secondary N) is 2. The minimum atomic E-state index is 0.295. The van der Waals surface area contributed by atoms with Crippen LogP contribution in [0.3, 0.4) is 0 Å². The van der Waals surface area contributed by atoms with Crippen LogP contribution in [-0.2, 0) is 6.42 Å². The Bertz CT molecular complexity index is 547. The van der Waals surface area contributed by atoms with Crippen LogP contribution in [0.25, 0.3) is 0 Å². The zero-order valence-electron chi connectivity index (χ0n) is 11.8. The Hall–Kier alpha value is -1.31. The number of hydrogen-bond acceptors (Lipinski definition) is 7. The minimum Gasteiger partial charge on any atom is -0.367 e. The Labute approximate surface area is 127 Å². The van der Waals surface area contributed by atoms with Crippen molar-refractivity contribution in [1.29, 1.82) is 0 Å². The van der Waals surface area contributed by atoms with E-state index in [4.69, 9.17) is 5.84 Å². The van der Waals surface area contributed by atoms with Gasteiger partial charge in [0.2, 0.25) is 0 Å². The fraction of sp³-hybridized carbons (Fsp3) is 0.385. The van der Waals surface area contributed by atoms with Gasteiger partial charge in [0.05, 0.1) is 0 Å². The lowest BCUT2D eigenvalue weighted by molar-refractivity contribution is 0.787. The van der Waals surface area contributed by atoms with Crippen molar-refractivity contribution in [3.63, 3.8) is 0 Å². The molecule has 7 heteroatoms. The van der Waals surface area contributed by atoms with Crippen LogP contribution in [0, 0.1) is 6.92 Å². The van der Waals surface area contributed by atoms with Crippen molar-refractivity contribution >= 4 is 34.7 Å². The normalized spacial score (nSPS) is 12.2. The van der Waals surface area contributed by atoms with Crippen LogP contribution < -0.4 is 16.6 Å². The molecule has 0 saturated heterocycles. The first-order valence-electron chi connectivity index (χ1n) is 6.32. The summed E-state index contributed by atoms with van der Waals surface area (Å²) in [6.45, 7) is 4.27. The molecule has 4 N–H and O–H groups in total. The van der Waals surface area contributed by atoms with E-state index >= 15 is 0 Å². The second-order valence-electron chi connectivity index (χ2n) is 4.53. The van der Waals surface area contributed by atoms with Crippen LogP contribution in [0.5, 0.6) is 0 Å². The highest BCUT2D eigenvalue weighted by molar-refractivity contribution is 7.98. The summed E-state index contributed by atoms with van der Waals surface area (Å²) in [5.74, 6) is 6.83. The lowest BCUT2D eigenvalue weighted by atomic mass is 10.2. The number of rotatable bonds is 6. The summed E-state index contributed by atoms with van der Waals surface area (Å²) in [5.41, 5.74) is 2.57. The summed E-state index contributed by atoms with van der Waals surface area (Å²) in [6, 6.07) is 6.44. The molecule has 0 aliphatic heterocycles. The number of nitrogens with zero attached hydrogens (tertiary/aromatic N) is 2. The van der Waals surface area contributed by atoms with Crippen LogP contribution in [0.2, 0.25) is 0 Å². The predicted octanol–water partition coefficient (Wildman–Crippen LogP) is 2.90. The Balaban J connectivity index is 2.04. The summed E-state index contributed by atoms with van der Waals surface area (Å²) in [7, 11) is 0. The van der Waals surface area contributed by atoms with Gasteiger partial charge in [-0.15, -0.1) is 11.3 Å². The first-order chi connectivity index (χ1) is 9.60. The van der Waals surface area contributed by atoms with E-state index in [0.717, 1.165) is 12.2 Å². The van der Waals surface area contributed by atoms with E-state index in [0.29, 0.717) is 17.0 Å². The van der Waals surface area contributed by atoms with Gasteiger partial charge >= 0.3 is 0 Å². The molecule has 1 atom stereocenters. The molecule has 1 unspecified atom stereocenters. The van der Waals surface area contributed by atoms with Crippen molar-refractivity contribution < 1.29 is 0 Å². The van der Waals surface area contributed by atoms with E-state index in [-0.39, 0.29) is 0 Å². The van der Waals surface area contributed by atoms with Crippen LogP contribution in [0.15, 0.2) is 23.4 Å². The molecule has 0 radical (unpaired) electrons. The van der Waals surface area contributed by atoms with Gasteiger partial charge in [-0.3, -0.25) is 0 Å². The Morgan fingerprint density at radius 3 is 2.70 bits per heavy atom. The van der Waals surface area contributed by atoms with Gasteiger partial charge in [-0.05, 0) is 32.2 Å². The number of nitrogen functional groups attached to an aromatic ring is 1. The van der Waals surface area contributed by atoms with Gasteiger partial charge < -0.3 is 10.7 Å². The zero-order valence-corrected chi connectivity index (χ0v) is 13.4. The maximum absolute atomic E-state index is 5.42. The molecule has 5 nitrogen and oxygen atoms in total. The van der Waals surface area contributed by atoms with Gasteiger partial charge in [0.25, 0.3) is 0 Å². The monoisotopic (exact) mass is 309 g/mol. The van der Waals surface area contributed by atoms with Gasteiger partial charge in [-0.25, -0.2) is 15.8 Å². The second-order valence-corrected chi connectivity index (χ2v) is 6.68. The number of nitrogens with two attached hydrogens (primary N) is 1. The summed E-state index contributed by atoms with van der Waals surface area (Å²) >= 11 is 3.32. The van der Waals surface area contributed by atoms with Gasteiger partial charge in [-0.1, -0.05) is 11.8 Å². The quantitative estimate of drug-likeness (QED) is 0.330. The molecule has 2 aromatic heterocycles. The number of thiophene rings is 1. The molecular formula is C13H19N5S2. The number of aromatic nitrogens is 2. The third-order valence-electron chi connectivity index (χ3n) is 2.73. The molecule has 0 spiro atoms. The van der Waals surface area contributed by atoms with Gasteiger partial charge in [0.1, 0.15) is 11.6 Å². The van der Waals surface area contributed by atoms with Crippen molar-refractivity contribution in [1.82, 2.24) is 9.97 Å². The van der Waals surface area contributed by atoms with Crippen LogP contribution >= 0.6 is 23.1 Å². The number of hydrazine groups is 1. The number of hydrogen-bond donors (Lipinski definition) is 3. The molecule has 2 aromatic rings. The molecule has 0 aliphatic carbocycles. The van der Waals surface area contributed by atoms with E-state index in [9.17, 15) is 0 Å². The standard InChI is InChI=1S/C13H19N5S2/c1-8(6-10-5-4-9(2)20-10)15-11-7-12(18-14)17-13(16-11)19-3/h4-5,7-8H,6,14H2,1-3H3,(H2,15,16,17,18). The first-order valence-corrected chi connectivity index (χ1v) is 8.36. The molecule has 0 aromatic carbocycles. The summed E-state index contributed by atoms with van der Waals surface area (Å²) < 4.78 is 0. The second kappa shape index (κ2) is 6.92. The van der Waals surface area contributed by atoms with Crippen molar-refractivity contribution in [2.45, 2.75) is 31.5 Å². The van der Waals surface area contributed by atoms with E-state index < -0.39 is 0 Å². The Kier molecular flexibility index (Phi) is 5.22. The average Bonchev–Trinajstić information content (AvgIpc) is 2.83. The molecule has 0 saturated carbocycles. The van der Waals surface area contributed by atoms with Gasteiger partial charge in [-0.2, -0.15) is 0 Å². The maximum Gasteiger partial charge on any atom is 0.191 e. The molecule has 2 heterocycles. The first kappa shape index (κ1) is 15.1. The molecule has 0 aliphatic rings. The molecule has 0 bridgehead atoms.